The summed E-state index contributed by atoms with van der Waals surface area (Å²) in [4.78, 5) is 21.4. The molecular weight excluding hydrogens is 357 g/mol. The van der Waals surface area contributed by atoms with E-state index >= 15 is 0 Å². The molecule has 1 aromatic heterocycles. The number of thiazole rings is 1. The molecule has 2 rings (SSSR count). The Labute approximate surface area is 148 Å². The number of hydrogen-bond acceptors (Lipinski definition) is 5. The molecule has 0 atom stereocenters. The molecule has 0 aromatic carbocycles. The van der Waals surface area contributed by atoms with Crippen LogP contribution < -0.4 is 5.32 Å². The molecule has 140 valence electrons. The predicted molar refractivity (Wildman–Crippen MR) is 88.5 cm³/mol. The molecule has 2 heterocycles. The number of nitrogens with zero attached hydrogens (tertiary/aromatic N) is 3. The number of likely N-dealkylation sites (tertiary alicyclic amines) is 1. The van der Waals surface area contributed by atoms with Gasteiger partial charge in [-0.25, -0.2) is 4.98 Å². The molecule has 0 amide bonds. The van der Waals surface area contributed by atoms with Crippen molar-refractivity contribution in [2.75, 3.05) is 33.8 Å². The van der Waals surface area contributed by atoms with Crippen molar-refractivity contribution in [1.82, 2.24) is 15.2 Å². The van der Waals surface area contributed by atoms with Gasteiger partial charge in [-0.1, -0.05) is 0 Å². The van der Waals surface area contributed by atoms with E-state index in [0.717, 1.165) is 16.7 Å². The number of methoxy groups -OCH3 is 1. The van der Waals surface area contributed by atoms with E-state index in [-0.39, 0.29) is 11.9 Å². The zero-order valence-corrected chi connectivity index (χ0v) is 14.9. The first-order valence-corrected chi connectivity index (χ1v) is 8.78. The zero-order chi connectivity index (χ0) is 18.4. The van der Waals surface area contributed by atoms with Gasteiger partial charge >= 0.3 is 12.1 Å². The Kier molecular flexibility index (Phi) is 6.63. The van der Waals surface area contributed by atoms with Gasteiger partial charge in [0.15, 0.2) is 11.7 Å². The van der Waals surface area contributed by atoms with E-state index in [9.17, 15) is 18.0 Å². The van der Waals surface area contributed by atoms with Crippen LogP contribution in [0, 0.1) is 5.92 Å². The number of halogens is 3. The maximum Gasteiger partial charge on any atom is 0.434 e. The van der Waals surface area contributed by atoms with E-state index < -0.39 is 11.9 Å². The minimum Gasteiger partial charge on any atom is -0.469 e. The third-order valence-electron chi connectivity index (χ3n) is 4.00. The van der Waals surface area contributed by atoms with Gasteiger partial charge in [0.2, 0.25) is 0 Å². The van der Waals surface area contributed by atoms with E-state index in [0.29, 0.717) is 49.9 Å². The van der Waals surface area contributed by atoms with Gasteiger partial charge in [-0.15, -0.1) is 11.3 Å². The number of aliphatic imine (C=N–C) groups is 1. The molecule has 1 saturated heterocycles. The molecule has 0 spiro atoms. The van der Waals surface area contributed by atoms with Crippen LogP contribution in [0.4, 0.5) is 13.2 Å². The average Bonchev–Trinajstić information content (AvgIpc) is 3.07. The Morgan fingerprint density at radius 1 is 1.48 bits per heavy atom. The van der Waals surface area contributed by atoms with Gasteiger partial charge < -0.3 is 15.0 Å². The first-order chi connectivity index (χ1) is 11.8. The van der Waals surface area contributed by atoms with Crippen LogP contribution in [0.5, 0.6) is 0 Å². The molecule has 1 aliphatic heterocycles. The molecule has 0 unspecified atom stereocenters. The Morgan fingerprint density at radius 3 is 2.68 bits per heavy atom. The number of aromatic nitrogens is 1. The monoisotopic (exact) mass is 378 g/mol. The molecule has 0 saturated carbocycles. The molecule has 0 aliphatic carbocycles. The lowest BCUT2D eigenvalue weighted by Crippen LogP contribution is -2.47. The molecule has 0 bridgehead atoms. The summed E-state index contributed by atoms with van der Waals surface area (Å²) in [7, 11) is 3.04. The smallest absolute Gasteiger partial charge is 0.434 e. The highest BCUT2D eigenvalue weighted by molar-refractivity contribution is 7.09. The molecule has 10 heteroatoms. The second-order valence-electron chi connectivity index (χ2n) is 5.63. The van der Waals surface area contributed by atoms with Gasteiger partial charge in [0.25, 0.3) is 0 Å². The van der Waals surface area contributed by atoms with Crippen molar-refractivity contribution in [1.29, 1.82) is 0 Å². The number of alkyl halides is 3. The van der Waals surface area contributed by atoms with E-state index in [4.69, 9.17) is 4.74 Å². The number of piperidine rings is 1. The average molecular weight is 378 g/mol. The lowest BCUT2D eigenvalue weighted by molar-refractivity contribution is -0.146. The summed E-state index contributed by atoms with van der Waals surface area (Å²) in [5.74, 6) is 0.401. The van der Waals surface area contributed by atoms with E-state index in [1.54, 1.807) is 7.05 Å². The van der Waals surface area contributed by atoms with Crippen molar-refractivity contribution in [2.24, 2.45) is 10.9 Å². The maximum atomic E-state index is 12.5. The van der Waals surface area contributed by atoms with Gasteiger partial charge in [-0.05, 0) is 12.8 Å². The molecule has 1 aliphatic rings. The second-order valence-corrected chi connectivity index (χ2v) is 6.58. The number of esters is 1. The van der Waals surface area contributed by atoms with Crippen LogP contribution in [-0.4, -0.2) is 55.6 Å². The van der Waals surface area contributed by atoms with Gasteiger partial charge in [0, 0.05) is 38.5 Å². The van der Waals surface area contributed by atoms with Crippen molar-refractivity contribution in [3.63, 3.8) is 0 Å². The van der Waals surface area contributed by atoms with Crippen molar-refractivity contribution >= 4 is 23.3 Å². The number of nitrogens with one attached hydrogen (secondary N) is 1. The number of guanidine groups is 1. The Balaban J connectivity index is 1.79. The second kappa shape index (κ2) is 8.50. The number of carbonyl (C=O) groups is 1. The molecule has 6 nitrogen and oxygen atoms in total. The SMILES string of the molecule is CN=C(NCCc1nc(C(F)(F)F)cs1)N1CCC(C(=O)OC)CC1. The fourth-order valence-corrected chi connectivity index (χ4v) is 3.47. The minimum absolute atomic E-state index is 0.0875. The Morgan fingerprint density at radius 2 is 2.16 bits per heavy atom. The number of ether oxygens (including phenoxy) is 1. The van der Waals surface area contributed by atoms with Gasteiger partial charge in [0.05, 0.1) is 18.0 Å². The Hall–Kier alpha value is -1.84. The van der Waals surface area contributed by atoms with Crippen LogP contribution in [0.15, 0.2) is 10.4 Å². The van der Waals surface area contributed by atoms with Crippen LogP contribution in [0.25, 0.3) is 0 Å². The topological polar surface area (TPSA) is 66.8 Å². The van der Waals surface area contributed by atoms with Crippen molar-refractivity contribution in [3.05, 3.63) is 16.1 Å². The normalized spacial score (nSPS) is 16.8. The van der Waals surface area contributed by atoms with Crippen LogP contribution in [0.2, 0.25) is 0 Å². The van der Waals surface area contributed by atoms with Crippen molar-refractivity contribution in [3.8, 4) is 0 Å². The summed E-state index contributed by atoms with van der Waals surface area (Å²) in [5, 5.41) is 4.60. The quantitative estimate of drug-likeness (QED) is 0.494. The minimum atomic E-state index is -4.40. The molecule has 1 aromatic rings. The third-order valence-corrected chi connectivity index (χ3v) is 4.91. The maximum absolute atomic E-state index is 12.5. The highest BCUT2D eigenvalue weighted by atomic mass is 32.1. The fourth-order valence-electron chi connectivity index (χ4n) is 2.66. The first-order valence-electron chi connectivity index (χ1n) is 7.90. The van der Waals surface area contributed by atoms with E-state index in [2.05, 4.69) is 15.3 Å². The molecule has 25 heavy (non-hydrogen) atoms. The molecule has 0 radical (unpaired) electrons. The molecule has 1 N–H and O–H groups in total. The van der Waals surface area contributed by atoms with E-state index in [1.807, 2.05) is 4.90 Å². The van der Waals surface area contributed by atoms with E-state index in [1.165, 1.54) is 7.11 Å². The number of carbonyl (C=O) groups excluding carboxylic acids is 1. The standard InChI is InChI=1S/C15H21F3N4O2S/c1-19-14(22-7-4-10(5-8-22)13(23)24-2)20-6-3-12-21-11(9-25-12)15(16,17)18/h9-10H,3-8H2,1-2H3,(H,19,20). The fraction of sp³-hybridized carbons (Fsp3) is 0.667. The highest BCUT2D eigenvalue weighted by Crippen LogP contribution is 2.30. The predicted octanol–water partition coefficient (Wildman–Crippen LogP) is 2.16. The van der Waals surface area contributed by atoms with Crippen LogP contribution in [0.3, 0.4) is 0 Å². The lowest BCUT2D eigenvalue weighted by atomic mass is 9.97. The van der Waals surface area contributed by atoms with Gasteiger partial charge in [0.1, 0.15) is 0 Å². The van der Waals surface area contributed by atoms with Gasteiger partial charge in [-0.2, -0.15) is 13.2 Å². The number of rotatable bonds is 4. The van der Waals surface area contributed by atoms with Crippen LogP contribution in [-0.2, 0) is 22.1 Å². The summed E-state index contributed by atoms with van der Waals surface area (Å²) in [6, 6.07) is 0. The highest BCUT2D eigenvalue weighted by Gasteiger charge is 2.33. The molecule has 1 fully saturated rings. The summed E-state index contributed by atoms with van der Waals surface area (Å²) in [5.41, 5.74) is -0.846. The third kappa shape index (κ3) is 5.32. The lowest BCUT2D eigenvalue weighted by Gasteiger charge is -2.33. The van der Waals surface area contributed by atoms with Crippen LogP contribution >= 0.6 is 11.3 Å². The Bertz CT molecular complexity index is 610. The van der Waals surface area contributed by atoms with Crippen molar-refractivity contribution in [2.45, 2.75) is 25.4 Å². The zero-order valence-electron chi connectivity index (χ0n) is 14.1. The number of hydrogen-bond donors (Lipinski definition) is 1. The first kappa shape index (κ1) is 19.5. The largest absolute Gasteiger partial charge is 0.469 e. The van der Waals surface area contributed by atoms with Crippen molar-refractivity contribution < 1.29 is 22.7 Å². The van der Waals surface area contributed by atoms with Gasteiger partial charge in [-0.3, -0.25) is 9.79 Å². The summed E-state index contributed by atoms with van der Waals surface area (Å²) in [6.07, 6.45) is -2.63. The summed E-state index contributed by atoms with van der Waals surface area (Å²) < 4.78 is 42.4. The van der Waals surface area contributed by atoms with Crippen LogP contribution in [0.1, 0.15) is 23.5 Å². The summed E-state index contributed by atoms with van der Waals surface area (Å²) >= 11 is 1.00. The molecular formula is C15H21F3N4O2S. The summed E-state index contributed by atoms with van der Waals surface area (Å²) in [6.45, 7) is 1.79.